The Labute approximate surface area is 99.9 Å². The van der Waals surface area contributed by atoms with Crippen LogP contribution in [0.15, 0.2) is 0 Å². The first-order valence-corrected chi connectivity index (χ1v) is 6.23. The van der Waals surface area contributed by atoms with Crippen LogP contribution in [-0.4, -0.2) is 76.4 Å². The van der Waals surface area contributed by atoms with Gasteiger partial charge < -0.3 is 15.0 Å². The molecule has 1 N–H and O–H groups in total. The molecule has 0 saturated carbocycles. The van der Waals surface area contributed by atoms with Crippen molar-refractivity contribution in [3.63, 3.8) is 0 Å². The summed E-state index contributed by atoms with van der Waals surface area (Å²) in [7, 11) is 8.15. The van der Waals surface area contributed by atoms with Crippen molar-refractivity contribution in [2.75, 3.05) is 54.5 Å². The second-order valence-electron chi connectivity index (χ2n) is 4.92. The van der Waals surface area contributed by atoms with Crippen LogP contribution in [0.25, 0.3) is 0 Å². The third kappa shape index (κ3) is 4.01. The van der Waals surface area contributed by atoms with Crippen molar-refractivity contribution in [1.82, 2.24) is 15.1 Å². The third-order valence-electron chi connectivity index (χ3n) is 3.47. The Morgan fingerprint density at radius 3 is 2.81 bits per heavy atom. The number of nitrogens with zero attached hydrogens (tertiary/aromatic N) is 2. The standard InChI is InChI=1S/C12H27N3O/c1-13-8-12(10-16-4)15-7-5-6-11(9-15)14(2)3/h11-13H,5-10H2,1-4H3. The first-order valence-electron chi connectivity index (χ1n) is 6.23. The Hall–Kier alpha value is -0.160. The minimum absolute atomic E-state index is 0.512. The number of likely N-dealkylation sites (tertiary alicyclic amines) is 1. The maximum atomic E-state index is 5.31. The van der Waals surface area contributed by atoms with Gasteiger partial charge >= 0.3 is 0 Å². The van der Waals surface area contributed by atoms with Crippen LogP contribution in [0.3, 0.4) is 0 Å². The van der Waals surface area contributed by atoms with Gasteiger partial charge in [-0.3, -0.25) is 4.90 Å². The van der Waals surface area contributed by atoms with Crippen LogP contribution in [0.2, 0.25) is 0 Å². The molecule has 16 heavy (non-hydrogen) atoms. The summed E-state index contributed by atoms with van der Waals surface area (Å²) >= 11 is 0. The van der Waals surface area contributed by atoms with E-state index in [-0.39, 0.29) is 0 Å². The molecule has 0 aromatic carbocycles. The van der Waals surface area contributed by atoms with Crippen molar-refractivity contribution in [3.05, 3.63) is 0 Å². The van der Waals surface area contributed by atoms with Crippen molar-refractivity contribution in [2.24, 2.45) is 0 Å². The van der Waals surface area contributed by atoms with E-state index < -0.39 is 0 Å². The highest BCUT2D eigenvalue weighted by Crippen LogP contribution is 2.16. The molecule has 1 fully saturated rings. The van der Waals surface area contributed by atoms with E-state index in [0.717, 1.165) is 13.2 Å². The zero-order valence-corrected chi connectivity index (χ0v) is 11.2. The summed E-state index contributed by atoms with van der Waals surface area (Å²) in [6.45, 7) is 4.21. The number of hydrogen-bond donors (Lipinski definition) is 1. The molecule has 1 aliphatic rings. The number of rotatable bonds is 6. The van der Waals surface area contributed by atoms with E-state index in [0.29, 0.717) is 12.1 Å². The lowest BCUT2D eigenvalue weighted by Gasteiger charge is -2.40. The summed E-state index contributed by atoms with van der Waals surface area (Å²) in [4.78, 5) is 4.91. The van der Waals surface area contributed by atoms with E-state index in [2.05, 4.69) is 29.2 Å². The number of piperidine rings is 1. The Morgan fingerprint density at radius 1 is 1.50 bits per heavy atom. The van der Waals surface area contributed by atoms with Gasteiger partial charge in [-0.2, -0.15) is 0 Å². The van der Waals surface area contributed by atoms with Gasteiger partial charge in [-0.25, -0.2) is 0 Å². The van der Waals surface area contributed by atoms with Gasteiger partial charge in [0.1, 0.15) is 0 Å². The van der Waals surface area contributed by atoms with Gasteiger partial charge in [0, 0.05) is 32.3 Å². The second kappa shape index (κ2) is 7.22. The SMILES string of the molecule is CNCC(COC)N1CCCC(N(C)C)C1. The Morgan fingerprint density at radius 2 is 2.25 bits per heavy atom. The Bertz CT molecular complexity index is 181. The van der Waals surface area contributed by atoms with E-state index in [1.54, 1.807) is 7.11 Å². The van der Waals surface area contributed by atoms with Crippen LogP contribution in [0.5, 0.6) is 0 Å². The minimum atomic E-state index is 0.512. The van der Waals surface area contributed by atoms with Gasteiger partial charge in [-0.05, 0) is 40.5 Å². The molecule has 2 unspecified atom stereocenters. The quantitative estimate of drug-likeness (QED) is 0.706. The largest absolute Gasteiger partial charge is 0.383 e. The van der Waals surface area contributed by atoms with Gasteiger partial charge in [0.15, 0.2) is 0 Å². The van der Waals surface area contributed by atoms with Crippen LogP contribution in [0.4, 0.5) is 0 Å². The first kappa shape index (κ1) is 13.9. The summed E-state index contributed by atoms with van der Waals surface area (Å²) < 4.78 is 5.31. The monoisotopic (exact) mass is 229 g/mol. The van der Waals surface area contributed by atoms with Gasteiger partial charge in [-0.15, -0.1) is 0 Å². The van der Waals surface area contributed by atoms with Crippen LogP contribution in [0, 0.1) is 0 Å². The topological polar surface area (TPSA) is 27.7 Å². The van der Waals surface area contributed by atoms with Crippen molar-refractivity contribution < 1.29 is 4.74 Å². The Balaban J connectivity index is 2.48. The molecular weight excluding hydrogens is 202 g/mol. The average Bonchev–Trinajstić information content (AvgIpc) is 2.29. The maximum absolute atomic E-state index is 5.31. The molecule has 0 aliphatic carbocycles. The summed E-state index contributed by atoms with van der Waals surface area (Å²) in [5.74, 6) is 0. The molecule has 0 amide bonds. The lowest BCUT2D eigenvalue weighted by molar-refractivity contribution is 0.0496. The molecule has 1 rings (SSSR count). The summed E-state index contributed by atoms with van der Waals surface area (Å²) in [6.07, 6.45) is 2.62. The normalized spacial score (nSPS) is 24.9. The van der Waals surface area contributed by atoms with Gasteiger partial charge in [-0.1, -0.05) is 0 Å². The molecule has 1 aliphatic heterocycles. The summed E-state index contributed by atoms with van der Waals surface area (Å²) in [5.41, 5.74) is 0. The van der Waals surface area contributed by atoms with E-state index >= 15 is 0 Å². The number of hydrogen-bond acceptors (Lipinski definition) is 4. The van der Waals surface area contributed by atoms with E-state index in [1.165, 1.54) is 25.9 Å². The molecule has 0 aromatic heterocycles. The first-order chi connectivity index (χ1) is 7.69. The minimum Gasteiger partial charge on any atom is -0.383 e. The number of methoxy groups -OCH3 is 1. The highest BCUT2D eigenvalue weighted by molar-refractivity contribution is 4.83. The van der Waals surface area contributed by atoms with Gasteiger partial charge in [0.25, 0.3) is 0 Å². The van der Waals surface area contributed by atoms with Crippen LogP contribution in [-0.2, 0) is 4.74 Å². The summed E-state index contributed by atoms with van der Waals surface area (Å²) in [5, 5.41) is 3.26. The maximum Gasteiger partial charge on any atom is 0.0630 e. The van der Waals surface area contributed by atoms with E-state index in [9.17, 15) is 0 Å². The van der Waals surface area contributed by atoms with E-state index in [1.807, 2.05) is 7.05 Å². The lowest BCUT2D eigenvalue weighted by atomic mass is 10.0. The molecule has 2 atom stereocenters. The van der Waals surface area contributed by atoms with Crippen molar-refractivity contribution in [2.45, 2.75) is 24.9 Å². The van der Waals surface area contributed by atoms with Crippen molar-refractivity contribution in [3.8, 4) is 0 Å². The predicted octanol–water partition coefficient (Wildman–Crippen LogP) is 0.247. The van der Waals surface area contributed by atoms with Crippen LogP contribution in [0.1, 0.15) is 12.8 Å². The van der Waals surface area contributed by atoms with Crippen molar-refractivity contribution in [1.29, 1.82) is 0 Å². The van der Waals surface area contributed by atoms with Crippen molar-refractivity contribution >= 4 is 0 Å². The third-order valence-corrected chi connectivity index (χ3v) is 3.47. The highest BCUT2D eigenvalue weighted by atomic mass is 16.5. The van der Waals surface area contributed by atoms with Gasteiger partial charge in [0.2, 0.25) is 0 Å². The lowest BCUT2D eigenvalue weighted by Crippen LogP contribution is -2.53. The van der Waals surface area contributed by atoms with Gasteiger partial charge in [0.05, 0.1) is 6.61 Å². The molecule has 0 radical (unpaired) electrons. The molecule has 4 nitrogen and oxygen atoms in total. The summed E-state index contributed by atoms with van der Waals surface area (Å²) in [6, 6.07) is 1.21. The molecule has 0 spiro atoms. The Kier molecular flexibility index (Phi) is 6.28. The molecule has 96 valence electrons. The van der Waals surface area contributed by atoms with E-state index in [4.69, 9.17) is 4.74 Å². The molecule has 1 saturated heterocycles. The highest BCUT2D eigenvalue weighted by Gasteiger charge is 2.26. The zero-order valence-electron chi connectivity index (χ0n) is 11.2. The smallest absolute Gasteiger partial charge is 0.0630 e. The average molecular weight is 229 g/mol. The molecule has 0 aromatic rings. The molecule has 4 heteroatoms. The fourth-order valence-corrected chi connectivity index (χ4v) is 2.46. The number of likely N-dealkylation sites (N-methyl/N-ethyl adjacent to an activating group) is 2. The zero-order chi connectivity index (χ0) is 12.0. The second-order valence-corrected chi connectivity index (χ2v) is 4.92. The van der Waals surface area contributed by atoms with Crippen LogP contribution < -0.4 is 5.32 Å². The fourth-order valence-electron chi connectivity index (χ4n) is 2.46. The molecule has 0 bridgehead atoms. The number of ether oxygens (including phenoxy) is 1. The molecule has 1 heterocycles. The predicted molar refractivity (Wildman–Crippen MR) is 67.9 cm³/mol. The fraction of sp³-hybridized carbons (Fsp3) is 1.00. The molecular formula is C12H27N3O. The number of nitrogens with one attached hydrogen (secondary N) is 1. The van der Waals surface area contributed by atoms with Crippen LogP contribution >= 0.6 is 0 Å².